The Balaban J connectivity index is 2.09. The largest absolute Gasteiger partial charge is 0.321 e. The number of halogens is 1. The van der Waals surface area contributed by atoms with Gasteiger partial charge < -0.3 is 5.32 Å². The number of hydrogen-bond acceptors (Lipinski definition) is 3. The number of aromatic nitrogens is 3. The number of hydrogen-bond donors (Lipinski definition) is 2. The van der Waals surface area contributed by atoms with Gasteiger partial charge in [0.15, 0.2) is 5.69 Å². The summed E-state index contributed by atoms with van der Waals surface area (Å²) in [4.78, 5) is 11.5. The van der Waals surface area contributed by atoms with Crippen LogP contribution in [-0.2, 0) is 0 Å². The van der Waals surface area contributed by atoms with Gasteiger partial charge in [-0.1, -0.05) is 0 Å². The van der Waals surface area contributed by atoms with Gasteiger partial charge in [0, 0.05) is 9.26 Å². The van der Waals surface area contributed by atoms with Crippen molar-refractivity contribution in [3.05, 3.63) is 39.7 Å². The SMILES string of the molecule is O=C(Nc1ccc(I)cc1)c1cn[nH]n1. The summed E-state index contributed by atoms with van der Waals surface area (Å²) in [5, 5.41) is 12.3. The number of anilines is 1. The van der Waals surface area contributed by atoms with Gasteiger partial charge in [-0.2, -0.15) is 15.4 Å². The molecule has 0 spiro atoms. The molecule has 2 rings (SSSR count). The highest BCUT2D eigenvalue weighted by Crippen LogP contribution is 2.11. The summed E-state index contributed by atoms with van der Waals surface area (Å²) in [6, 6.07) is 7.50. The molecule has 76 valence electrons. The molecular formula is C9H7IN4O. The van der Waals surface area contributed by atoms with Crippen molar-refractivity contribution in [2.45, 2.75) is 0 Å². The maximum Gasteiger partial charge on any atom is 0.277 e. The van der Waals surface area contributed by atoms with E-state index in [1.165, 1.54) is 6.20 Å². The number of carbonyl (C=O) groups excluding carboxylic acids is 1. The predicted octanol–water partition coefficient (Wildman–Crippen LogP) is 1.66. The third kappa shape index (κ3) is 2.52. The molecular weight excluding hydrogens is 307 g/mol. The molecule has 15 heavy (non-hydrogen) atoms. The second-order valence-corrected chi connectivity index (χ2v) is 4.06. The minimum absolute atomic E-state index is 0.272. The summed E-state index contributed by atoms with van der Waals surface area (Å²) in [6.07, 6.45) is 1.38. The highest BCUT2D eigenvalue weighted by atomic mass is 127. The fraction of sp³-hybridized carbons (Fsp3) is 0. The van der Waals surface area contributed by atoms with Crippen LogP contribution in [0.5, 0.6) is 0 Å². The average Bonchev–Trinajstić information content (AvgIpc) is 2.74. The Labute approximate surface area is 99.4 Å². The van der Waals surface area contributed by atoms with Gasteiger partial charge in [-0.25, -0.2) is 0 Å². The molecule has 2 aromatic rings. The summed E-state index contributed by atoms with van der Waals surface area (Å²) < 4.78 is 1.12. The van der Waals surface area contributed by atoms with Crippen molar-refractivity contribution in [2.75, 3.05) is 5.32 Å². The number of H-pyrrole nitrogens is 1. The zero-order chi connectivity index (χ0) is 10.7. The van der Waals surface area contributed by atoms with E-state index >= 15 is 0 Å². The van der Waals surface area contributed by atoms with Gasteiger partial charge in [0.25, 0.3) is 5.91 Å². The lowest BCUT2D eigenvalue weighted by Crippen LogP contribution is -2.12. The minimum atomic E-state index is -0.273. The smallest absolute Gasteiger partial charge is 0.277 e. The van der Waals surface area contributed by atoms with E-state index in [1.807, 2.05) is 24.3 Å². The maximum atomic E-state index is 11.5. The maximum absolute atomic E-state index is 11.5. The topological polar surface area (TPSA) is 70.7 Å². The molecule has 1 aromatic heterocycles. The van der Waals surface area contributed by atoms with Gasteiger partial charge in [0.2, 0.25) is 0 Å². The molecule has 0 aliphatic rings. The standard InChI is InChI=1S/C9H7IN4O/c10-6-1-3-7(4-2-6)12-9(15)8-5-11-14-13-8/h1-5H,(H,12,15)(H,11,13,14). The molecule has 1 amide bonds. The Kier molecular flexibility index (Phi) is 2.95. The molecule has 0 saturated carbocycles. The fourth-order valence-corrected chi connectivity index (χ4v) is 1.40. The van der Waals surface area contributed by atoms with Gasteiger partial charge in [0.05, 0.1) is 6.20 Å². The molecule has 1 heterocycles. The van der Waals surface area contributed by atoms with Crippen LogP contribution in [0, 0.1) is 3.57 Å². The van der Waals surface area contributed by atoms with Crippen LogP contribution in [0.1, 0.15) is 10.5 Å². The van der Waals surface area contributed by atoms with E-state index in [9.17, 15) is 4.79 Å². The van der Waals surface area contributed by atoms with Crippen LogP contribution in [0.3, 0.4) is 0 Å². The number of carbonyl (C=O) groups is 1. The van der Waals surface area contributed by atoms with Crippen LogP contribution >= 0.6 is 22.6 Å². The number of amides is 1. The van der Waals surface area contributed by atoms with E-state index in [0.717, 1.165) is 9.26 Å². The Morgan fingerprint density at radius 2 is 2.07 bits per heavy atom. The second-order valence-electron chi connectivity index (χ2n) is 2.82. The molecule has 0 aliphatic heterocycles. The Morgan fingerprint density at radius 1 is 1.33 bits per heavy atom. The lowest BCUT2D eigenvalue weighted by molar-refractivity contribution is 0.102. The van der Waals surface area contributed by atoms with Crippen molar-refractivity contribution in [1.82, 2.24) is 15.4 Å². The first kappa shape index (κ1) is 10.1. The van der Waals surface area contributed by atoms with Crippen LogP contribution < -0.4 is 5.32 Å². The van der Waals surface area contributed by atoms with Crippen molar-refractivity contribution in [2.24, 2.45) is 0 Å². The van der Waals surface area contributed by atoms with Gasteiger partial charge in [-0.15, -0.1) is 0 Å². The summed E-state index contributed by atoms with van der Waals surface area (Å²) in [6.45, 7) is 0. The lowest BCUT2D eigenvalue weighted by atomic mass is 10.3. The van der Waals surface area contributed by atoms with E-state index in [1.54, 1.807) is 0 Å². The molecule has 0 bridgehead atoms. The average molecular weight is 314 g/mol. The fourth-order valence-electron chi connectivity index (χ4n) is 1.04. The lowest BCUT2D eigenvalue weighted by Gasteiger charge is -2.01. The third-order valence-electron chi connectivity index (χ3n) is 1.75. The molecule has 0 unspecified atom stereocenters. The van der Waals surface area contributed by atoms with Crippen molar-refractivity contribution < 1.29 is 4.79 Å². The van der Waals surface area contributed by atoms with Crippen LogP contribution in [0.4, 0.5) is 5.69 Å². The van der Waals surface area contributed by atoms with Gasteiger partial charge in [0.1, 0.15) is 0 Å². The third-order valence-corrected chi connectivity index (χ3v) is 2.47. The first-order chi connectivity index (χ1) is 7.25. The molecule has 5 nitrogen and oxygen atoms in total. The Hall–Kier alpha value is -1.44. The van der Waals surface area contributed by atoms with Crippen molar-refractivity contribution in [3.8, 4) is 0 Å². The monoisotopic (exact) mass is 314 g/mol. The Bertz CT molecular complexity index is 451. The molecule has 0 aliphatic carbocycles. The van der Waals surface area contributed by atoms with Gasteiger partial charge in [-0.3, -0.25) is 4.79 Å². The predicted molar refractivity (Wildman–Crippen MR) is 63.5 cm³/mol. The van der Waals surface area contributed by atoms with Crippen LogP contribution in [0.15, 0.2) is 30.5 Å². The summed E-state index contributed by atoms with van der Waals surface area (Å²) in [5.41, 5.74) is 1.01. The van der Waals surface area contributed by atoms with Crippen LogP contribution in [0.25, 0.3) is 0 Å². The number of nitrogens with zero attached hydrogens (tertiary/aromatic N) is 2. The Morgan fingerprint density at radius 3 is 2.67 bits per heavy atom. The first-order valence-electron chi connectivity index (χ1n) is 4.18. The number of nitrogens with one attached hydrogen (secondary N) is 2. The highest BCUT2D eigenvalue weighted by Gasteiger charge is 2.07. The molecule has 0 saturated heterocycles. The van der Waals surface area contributed by atoms with E-state index in [2.05, 4.69) is 43.3 Å². The molecule has 0 atom stereocenters. The first-order valence-corrected chi connectivity index (χ1v) is 5.26. The van der Waals surface area contributed by atoms with E-state index in [0.29, 0.717) is 0 Å². The van der Waals surface area contributed by atoms with Crippen molar-refractivity contribution >= 4 is 34.2 Å². The summed E-state index contributed by atoms with van der Waals surface area (Å²) in [7, 11) is 0. The highest BCUT2D eigenvalue weighted by molar-refractivity contribution is 14.1. The van der Waals surface area contributed by atoms with Crippen molar-refractivity contribution in [3.63, 3.8) is 0 Å². The molecule has 2 N–H and O–H groups in total. The van der Waals surface area contributed by atoms with E-state index < -0.39 is 0 Å². The molecule has 0 radical (unpaired) electrons. The van der Waals surface area contributed by atoms with Gasteiger partial charge in [-0.05, 0) is 46.9 Å². The number of rotatable bonds is 2. The second kappa shape index (κ2) is 4.39. The van der Waals surface area contributed by atoms with Crippen LogP contribution in [-0.4, -0.2) is 21.3 Å². The minimum Gasteiger partial charge on any atom is -0.321 e. The van der Waals surface area contributed by atoms with Gasteiger partial charge >= 0.3 is 0 Å². The summed E-state index contributed by atoms with van der Waals surface area (Å²) in [5.74, 6) is -0.273. The quantitative estimate of drug-likeness (QED) is 0.828. The van der Waals surface area contributed by atoms with Crippen molar-refractivity contribution in [1.29, 1.82) is 0 Å². The summed E-state index contributed by atoms with van der Waals surface area (Å²) >= 11 is 2.20. The zero-order valence-electron chi connectivity index (χ0n) is 7.57. The zero-order valence-corrected chi connectivity index (χ0v) is 9.72. The molecule has 6 heteroatoms. The number of benzene rings is 1. The molecule has 1 aromatic carbocycles. The number of aromatic amines is 1. The molecule has 0 fully saturated rings. The van der Waals surface area contributed by atoms with E-state index in [4.69, 9.17) is 0 Å². The van der Waals surface area contributed by atoms with E-state index in [-0.39, 0.29) is 11.6 Å². The normalized spacial score (nSPS) is 9.93. The van der Waals surface area contributed by atoms with Crippen LogP contribution in [0.2, 0.25) is 0 Å².